The van der Waals surface area contributed by atoms with Crippen LogP contribution in [0.3, 0.4) is 0 Å². The molecule has 0 fully saturated rings. The van der Waals surface area contributed by atoms with E-state index < -0.39 is 29.7 Å². The van der Waals surface area contributed by atoms with Gasteiger partial charge in [0, 0.05) is 12.3 Å². The number of carbonyl (C=O) groups is 3. The zero-order chi connectivity index (χ0) is 29.1. The Bertz CT molecular complexity index is 1260. The lowest BCUT2D eigenvalue weighted by molar-refractivity contribution is -0.136. The Morgan fingerprint density at radius 2 is 1.40 bits per heavy atom. The lowest BCUT2D eigenvalue weighted by Crippen LogP contribution is -2.43. The quantitative estimate of drug-likeness (QED) is 0.186. The summed E-state index contributed by atoms with van der Waals surface area (Å²) in [6.07, 6.45) is 0.194. The van der Waals surface area contributed by atoms with Gasteiger partial charge < -0.3 is 20.1 Å². The fraction of sp³-hybridized carbons (Fsp3) is 0.323. The summed E-state index contributed by atoms with van der Waals surface area (Å²) in [4.78, 5) is 38.9. The van der Waals surface area contributed by atoms with Crippen molar-refractivity contribution in [1.82, 2.24) is 16.1 Å². The molecule has 0 heterocycles. The van der Waals surface area contributed by atoms with Gasteiger partial charge in [-0.05, 0) is 41.2 Å². The van der Waals surface area contributed by atoms with E-state index in [4.69, 9.17) is 14.7 Å². The summed E-state index contributed by atoms with van der Waals surface area (Å²) >= 11 is 0. The minimum absolute atomic E-state index is 0.100. The molecule has 212 valence electrons. The first-order chi connectivity index (χ1) is 19.3. The van der Waals surface area contributed by atoms with Gasteiger partial charge in [0.15, 0.2) is 0 Å². The maximum atomic E-state index is 13.6. The third kappa shape index (κ3) is 8.07. The van der Waals surface area contributed by atoms with E-state index >= 15 is 0 Å². The van der Waals surface area contributed by atoms with E-state index in [0.29, 0.717) is 29.0 Å². The van der Waals surface area contributed by atoms with Crippen molar-refractivity contribution >= 4 is 17.7 Å². The molecule has 0 saturated heterocycles. The van der Waals surface area contributed by atoms with Crippen LogP contribution in [0.2, 0.25) is 0 Å². The van der Waals surface area contributed by atoms with Gasteiger partial charge in [-0.2, -0.15) is 0 Å². The van der Waals surface area contributed by atoms with Gasteiger partial charge in [0.1, 0.15) is 17.5 Å². The zero-order valence-corrected chi connectivity index (χ0v) is 23.3. The van der Waals surface area contributed by atoms with Crippen molar-refractivity contribution in [3.63, 3.8) is 0 Å². The van der Waals surface area contributed by atoms with Gasteiger partial charge in [-0.25, -0.2) is 5.48 Å². The first kappa shape index (κ1) is 30.2. The Labute approximate surface area is 234 Å². The summed E-state index contributed by atoms with van der Waals surface area (Å²) in [5.41, 5.74) is 4.81. The summed E-state index contributed by atoms with van der Waals surface area (Å²) in [7, 11) is 3.07. The average Bonchev–Trinajstić information content (AvgIpc) is 2.98. The standard InChI is InChI=1S/C31H37N3O6/c1-20(2)17-24(18-28(35)34-38)30(36)33-29(23-15-13-22(14-16-23)21-9-6-5-7-10-21)31(37)32-19-25-26(39-3)11-8-12-27(25)40-4/h5-16,20,24,29,38H,17-19H2,1-4H3,(H,32,37)(H,33,36)(H,34,35)/t24-,29?/m1/s1. The molecule has 3 aromatic carbocycles. The number of hydroxylamine groups is 1. The normalized spacial score (nSPS) is 12.2. The molecule has 0 bridgehead atoms. The number of amides is 3. The van der Waals surface area contributed by atoms with Crippen LogP contribution in [-0.4, -0.2) is 37.1 Å². The molecule has 1 unspecified atom stereocenters. The maximum absolute atomic E-state index is 13.6. The van der Waals surface area contributed by atoms with E-state index in [9.17, 15) is 14.4 Å². The van der Waals surface area contributed by atoms with Crippen LogP contribution in [0.25, 0.3) is 11.1 Å². The van der Waals surface area contributed by atoms with E-state index in [-0.39, 0.29) is 18.9 Å². The Morgan fingerprint density at radius 1 is 0.800 bits per heavy atom. The third-order valence-corrected chi connectivity index (χ3v) is 6.55. The molecule has 0 aliphatic heterocycles. The third-order valence-electron chi connectivity index (χ3n) is 6.55. The van der Waals surface area contributed by atoms with Crippen LogP contribution in [0.1, 0.15) is 43.9 Å². The molecule has 3 rings (SSSR count). The van der Waals surface area contributed by atoms with Gasteiger partial charge in [-0.3, -0.25) is 19.6 Å². The number of rotatable bonds is 13. The smallest absolute Gasteiger partial charge is 0.247 e. The second-order valence-electron chi connectivity index (χ2n) is 9.85. The van der Waals surface area contributed by atoms with Gasteiger partial charge in [0.2, 0.25) is 17.7 Å². The number of hydrogen-bond donors (Lipinski definition) is 4. The number of carbonyl (C=O) groups excluding carboxylic acids is 3. The highest BCUT2D eigenvalue weighted by Crippen LogP contribution is 2.29. The number of nitrogens with one attached hydrogen (secondary N) is 3. The fourth-order valence-corrected chi connectivity index (χ4v) is 4.56. The van der Waals surface area contributed by atoms with Gasteiger partial charge >= 0.3 is 0 Å². The minimum atomic E-state index is -1.04. The molecule has 0 saturated carbocycles. The molecule has 3 aromatic rings. The van der Waals surface area contributed by atoms with Gasteiger partial charge in [0.05, 0.1) is 26.3 Å². The van der Waals surface area contributed by atoms with Crippen molar-refractivity contribution in [2.45, 2.75) is 39.3 Å². The molecule has 0 radical (unpaired) electrons. The van der Waals surface area contributed by atoms with E-state index in [2.05, 4.69) is 10.6 Å². The summed E-state index contributed by atoms with van der Waals surface area (Å²) in [6, 6.07) is 21.5. The van der Waals surface area contributed by atoms with Crippen molar-refractivity contribution in [3.05, 3.63) is 83.9 Å². The van der Waals surface area contributed by atoms with E-state index in [1.807, 2.05) is 56.3 Å². The highest BCUT2D eigenvalue weighted by atomic mass is 16.5. The van der Waals surface area contributed by atoms with Gasteiger partial charge in [0.25, 0.3) is 0 Å². The van der Waals surface area contributed by atoms with Crippen LogP contribution in [0.5, 0.6) is 11.5 Å². The Hall–Kier alpha value is -4.37. The molecule has 2 atom stereocenters. The Balaban J connectivity index is 1.90. The predicted molar refractivity (Wildman–Crippen MR) is 152 cm³/mol. The SMILES string of the molecule is COc1cccc(OC)c1CNC(=O)C(NC(=O)[C@@H](CC(=O)NO)CC(C)C)c1ccc(-c2ccccc2)cc1. The molecule has 40 heavy (non-hydrogen) atoms. The van der Waals surface area contributed by atoms with Crippen molar-refractivity contribution in [3.8, 4) is 22.6 Å². The monoisotopic (exact) mass is 547 g/mol. The largest absolute Gasteiger partial charge is 0.496 e. The number of hydrogen-bond acceptors (Lipinski definition) is 6. The Morgan fingerprint density at radius 3 is 1.95 bits per heavy atom. The van der Waals surface area contributed by atoms with E-state index in [1.54, 1.807) is 35.8 Å². The summed E-state index contributed by atoms with van der Waals surface area (Å²) < 4.78 is 10.9. The molecule has 9 nitrogen and oxygen atoms in total. The molecular formula is C31H37N3O6. The van der Waals surface area contributed by atoms with Crippen molar-refractivity contribution in [2.75, 3.05) is 14.2 Å². The maximum Gasteiger partial charge on any atom is 0.247 e. The van der Waals surface area contributed by atoms with Gasteiger partial charge in [-0.1, -0.05) is 74.5 Å². The molecule has 4 N–H and O–H groups in total. The summed E-state index contributed by atoms with van der Waals surface area (Å²) in [5.74, 6) is -1.09. The first-order valence-electron chi connectivity index (χ1n) is 13.1. The fourth-order valence-electron chi connectivity index (χ4n) is 4.56. The number of benzene rings is 3. The molecule has 0 aliphatic carbocycles. The van der Waals surface area contributed by atoms with Crippen molar-refractivity contribution < 1.29 is 29.1 Å². The van der Waals surface area contributed by atoms with E-state index in [1.165, 1.54) is 14.2 Å². The van der Waals surface area contributed by atoms with Crippen LogP contribution in [0, 0.1) is 11.8 Å². The second kappa shape index (κ2) is 14.7. The van der Waals surface area contributed by atoms with Gasteiger partial charge in [-0.15, -0.1) is 0 Å². The van der Waals surface area contributed by atoms with E-state index in [0.717, 1.165) is 11.1 Å². The first-order valence-corrected chi connectivity index (χ1v) is 13.1. The lowest BCUT2D eigenvalue weighted by Gasteiger charge is -2.24. The summed E-state index contributed by atoms with van der Waals surface area (Å²) in [5, 5.41) is 14.8. The topological polar surface area (TPSA) is 126 Å². The predicted octanol–water partition coefficient (Wildman–Crippen LogP) is 4.40. The van der Waals surface area contributed by atoms with Crippen LogP contribution < -0.4 is 25.6 Å². The van der Waals surface area contributed by atoms with Crippen LogP contribution in [0.15, 0.2) is 72.8 Å². The minimum Gasteiger partial charge on any atom is -0.496 e. The Kier molecular flexibility index (Phi) is 11.1. The second-order valence-corrected chi connectivity index (χ2v) is 9.85. The van der Waals surface area contributed by atoms with Crippen LogP contribution in [-0.2, 0) is 20.9 Å². The van der Waals surface area contributed by atoms with Crippen molar-refractivity contribution in [1.29, 1.82) is 0 Å². The molecule has 0 aromatic heterocycles. The summed E-state index contributed by atoms with van der Waals surface area (Å²) in [6.45, 7) is 3.97. The van der Waals surface area contributed by atoms with Crippen molar-refractivity contribution in [2.24, 2.45) is 11.8 Å². The average molecular weight is 548 g/mol. The zero-order valence-electron chi connectivity index (χ0n) is 23.3. The lowest BCUT2D eigenvalue weighted by atomic mass is 9.92. The molecule has 0 aliphatic rings. The number of ether oxygens (including phenoxy) is 2. The molecule has 3 amide bonds. The number of methoxy groups -OCH3 is 2. The molecule has 9 heteroatoms. The highest BCUT2D eigenvalue weighted by molar-refractivity contribution is 5.91. The van der Waals surface area contributed by atoms with Crippen LogP contribution in [0.4, 0.5) is 0 Å². The molecular weight excluding hydrogens is 510 g/mol. The molecule has 0 spiro atoms. The highest BCUT2D eigenvalue weighted by Gasteiger charge is 2.29. The van der Waals surface area contributed by atoms with Crippen LogP contribution >= 0.6 is 0 Å².